The molecule has 3 aromatic rings. The van der Waals surface area contributed by atoms with E-state index in [1.54, 1.807) is 11.3 Å². The van der Waals surface area contributed by atoms with Gasteiger partial charge in [-0.25, -0.2) is 15.0 Å². The molecule has 0 spiro atoms. The summed E-state index contributed by atoms with van der Waals surface area (Å²) in [7, 11) is 0. The third-order valence-corrected chi connectivity index (χ3v) is 6.18. The maximum atomic E-state index is 6.28. The standard InChI is InChI=1S/C16H15ClN4OS/c17-14-13-12(18-8-19-14)11-9-3-6-22-7-10(9)15(20-16(11)23-13)21-4-1-2-5-21/h8H,1-7H2. The van der Waals surface area contributed by atoms with Gasteiger partial charge < -0.3 is 9.64 Å². The number of thiophene rings is 1. The third-order valence-electron chi connectivity index (χ3n) is 4.70. The molecule has 23 heavy (non-hydrogen) atoms. The van der Waals surface area contributed by atoms with Gasteiger partial charge >= 0.3 is 0 Å². The highest BCUT2D eigenvalue weighted by molar-refractivity contribution is 7.26. The summed E-state index contributed by atoms with van der Waals surface area (Å²) in [4.78, 5) is 17.0. The fraction of sp³-hybridized carbons (Fsp3) is 0.438. The van der Waals surface area contributed by atoms with Gasteiger partial charge in [0.2, 0.25) is 0 Å². The van der Waals surface area contributed by atoms with Crippen LogP contribution in [0.4, 0.5) is 5.82 Å². The zero-order valence-electron chi connectivity index (χ0n) is 12.5. The number of rotatable bonds is 1. The number of halogens is 1. The topological polar surface area (TPSA) is 51.1 Å². The van der Waals surface area contributed by atoms with Crippen molar-refractivity contribution in [1.82, 2.24) is 15.0 Å². The molecule has 0 amide bonds. The summed E-state index contributed by atoms with van der Waals surface area (Å²) in [5.41, 5.74) is 3.51. The molecule has 0 aromatic carbocycles. The van der Waals surface area contributed by atoms with Crippen LogP contribution in [0.2, 0.25) is 5.15 Å². The van der Waals surface area contributed by atoms with Crippen molar-refractivity contribution in [3.8, 4) is 0 Å². The van der Waals surface area contributed by atoms with Gasteiger partial charge in [0, 0.05) is 24.0 Å². The number of fused-ring (bicyclic) bond motifs is 5. The van der Waals surface area contributed by atoms with E-state index in [4.69, 9.17) is 21.3 Å². The van der Waals surface area contributed by atoms with Gasteiger partial charge in [-0.3, -0.25) is 0 Å². The van der Waals surface area contributed by atoms with Crippen LogP contribution in [0.15, 0.2) is 6.33 Å². The van der Waals surface area contributed by atoms with Crippen molar-refractivity contribution in [2.45, 2.75) is 25.9 Å². The molecule has 0 bridgehead atoms. The molecule has 7 heteroatoms. The summed E-state index contributed by atoms with van der Waals surface area (Å²) in [5, 5.41) is 1.66. The minimum Gasteiger partial charge on any atom is -0.376 e. The molecule has 5 heterocycles. The first-order valence-electron chi connectivity index (χ1n) is 7.90. The molecular weight excluding hydrogens is 332 g/mol. The minimum absolute atomic E-state index is 0.515. The Labute approximate surface area is 142 Å². The highest BCUT2D eigenvalue weighted by Crippen LogP contribution is 2.41. The van der Waals surface area contributed by atoms with Gasteiger partial charge in [0.15, 0.2) is 0 Å². The van der Waals surface area contributed by atoms with Crippen molar-refractivity contribution in [3.05, 3.63) is 22.6 Å². The van der Waals surface area contributed by atoms with Gasteiger partial charge in [0.1, 0.15) is 22.1 Å². The number of aromatic nitrogens is 3. The lowest BCUT2D eigenvalue weighted by Crippen LogP contribution is -2.23. The fourth-order valence-electron chi connectivity index (χ4n) is 3.64. The molecule has 2 aliphatic heterocycles. The van der Waals surface area contributed by atoms with Crippen LogP contribution in [0.5, 0.6) is 0 Å². The Kier molecular flexibility index (Phi) is 3.18. The van der Waals surface area contributed by atoms with Gasteiger partial charge in [-0.2, -0.15) is 0 Å². The molecule has 0 atom stereocenters. The van der Waals surface area contributed by atoms with Crippen molar-refractivity contribution < 1.29 is 4.74 Å². The van der Waals surface area contributed by atoms with Crippen LogP contribution in [0, 0.1) is 0 Å². The Morgan fingerprint density at radius 3 is 2.91 bits per heavy atom. The van der Waals surface area contributed by atoms with Crippen molar-refractivity contribution in [1.29, 1.82) is 0 Å². The van der Waals surface area contributed by atoms with Crippen molar-refractivity contribution in [3.63, 3.8) is 0 Å². The number of pyridine rings is 1. The van der Waals surface area contributed by atoms with Gasteiger partial charge in [-0.15, -0.1) is 11.3 Å². The SMILES string of the molecule is Clc1ncnc2c1sc1nc(N3CCCC3)c3c(c12)CCOC3. The van der Waals surface area contributed by atoms with E-state index in [2.05, 4.69) is 14.9 Å². The molecule has 0 unspecified atom stereocenters. The summed E-state index contributed by atoms with van der Waals surface area (Å²) >= 11 is 7.87. The minimum atomic E-state index is 0.515. The first-order valence-corrected chi connectivity index (χ1v) is 9.09. The fourth-order valence-corrected chi connectivity index (χ4v) is 4.92. The van der Waals surface area contributed by atoms with Crippen LogP contribution in [0.25, 0.3) is 20.4 Å². The molecular formula is C16H15ClN4OS. The molecule has 5 rings (SSSR count). The van der Waals surface area contributed by atoms with Crippen LogP contribution in [0.3, 0.4) is 0 Å². The number of anilines is 1. The van der Waals surface area contributed by atoms with E-state index >= 15 is 0 Å². The van der Waals surface area contributed by atoms with Crippen LogP contribution in [0.1, 0.15) is 24.0 Å². The van der Waals surface area contributed by atoms with Crippen LogP contribution < -0.4 is 4.90 Å². The molecule has 0 radical (unpaired) electrons. The van der Waals surface area contributed by atoms with E-state index in [0.29, 0.717) is 11.8 Å². The Bertz CT molecular complexity index is 919. The molecule has 0 aliphatic carbocycles. The maximum Gasteiger partial charge on any atom is 0.150 e. The summed E-state index contributed by atoms with van der Waals surface area (Å²) in [6.07, 6.45) is 4.91. The molecule has 5 nitrogen and oxygen atoms in total. The molecule has 0 N–H and O–H groups in total. The zero-order chi connectivity index (χ0) is 15.4. The predicted molar refractivity (Wildman–Crippen MR) is 92.5 cm³/mol. The largest absolute Gasteiger partial charge is 0.376 e. The Morgan fingerprint density at radius 1 is 1.17 bits per heavy atom. The second kappa shape index (κ2) is 5.26. The highest BCUT2D eigenvalue weighted by atomic mass is 35.5. The smallest absolute Gasteiger partial charge is 0.150 e. The monoisotopic (exact) mass is 346 g/mol. The summed E-state index contributed by atoms with van der Waals surface area (Å²) < 4.78 is 6.67. The van der Waals surface area contributed by atoms with Gasteiger partial charge in [-0.05, 0) is 24.8 Å². The lowest BCUT2D eigenvalue weighted by molar-refractivity contribution is 0.111. The van der Waals surface area contributed by atoms with E-state index in [1.807, 2.05) is 0 Å². The molecule has 3 aromatic heterocycles. The maximum absolute atomic E-state index is 6.28. The zero-order valence-corrected chi connectivity index (χ0v) is 14.1. The second-order valence-electron chi connectivity index (χ2n) is 6.01. The first kappa shape index (κ1) is 13.9. The molecule has 0 saturated carbocycles. The van der Waals surface area contributed by atoms with Gasteiger partial charge in [0.25, 0.3) is 0 Å². The summed E-state index contributed by atoms with van der Waals surface area (Å²) in [5.74, 6) is 1.10. The van der Waals surface area contributed by atoms with Crippen molar-refractivity contribution in [2.24, 2.45) is 0 Å². The van der Waals surface area contributed by atoms with Crippen LogP contribution in [-0.2, 0) is 17.8 Å². The van der Waals surface area contributed by atoms with Crippen LogP contribution in [-0.4, -0.2) is 34.6 Å². The Balaban J connectivity index is 1.87. The Morgan fingerprint density at radius 2 is 2.04 bits per heavy atom. The number of ether oxygens (including phenoxy) is 1. The van der Waals surface area contributed by atoms with Crippen molar-refractivity contribution in [2.75, 3.05) is 24.6 Å². The lowest BCUT2D eigenvalue weighted by atomic mass is 10.0. The van der Waals surface area contributed by atoms with Crippen LogP contribution >= 0.6 is 22.9 Å². The van der Waals surface area contributed by atoms with Gasteiger partial charge in [0.05, 0.1) is 23.4 Å². The number of nitrogens with zero attached hydrogens (tertiary/aromatic N) is 4. The summed E-state index contributed by atoms with van der Waals surface area (Å²) in [6, 6.07) is 0. The summed E-state index contributed by atoms with van der Waals surface area (Å²) in [6.45, 7) is 3.55. The molecule has 1 saturated heterocycles. The molecule has 2 aliphatic rings. The van der Waals surface area contributed by atoms with Crippen molar-refractivity contribution >= 4 is 49.2 Å². The average Bonchev–Trinajstić information content (AvgIpc) is 3.22. The first-order chi connectivity index (χ1) is 11.3. The molecule has 1 fully saturated rings. The van der Waals surface area contributed by atoms with E-state index in [9.17, 15) is 0 Å². The van der Waals surface area contributed by atoms with E-state index in [1.165, 1.54) is 30.3 Å². The normalized spacial score (nSPS) is 18.0. The van der Waals surface area contributed by atoms with E-state index in [0.717, 1.165) is 52.4 Å². The lowest BCUT2D eigenvalue weighted by Gasteiger charge is -2.25. The van der Waals surface area contributed by atoms with Gasteiger partial charge in [-0.1, -0.05) is 11.6 Å². The predicted octanol–water partition coefficient (Wildman–Crippen LogP) is 3.57. The average molecular weight is 347 g/mol. The van der Waals surface area contributed by atoms with E-state index < -0.39 is 0 Å². The quantitative estimate of drug-likeness (QED) is 0.630. The molecule has 118 valence electrons. The Hall–Kier alpha value is -1.50. The van der Waals surface area contributed by atoms with E-state index in [-0.39, 0.29) is 0 Å². The number of hydrogen-bond donors (Lipinski definition) is 0. The number of hydrogen-bond acceptors (Lipinski definition) is 6. The third kappa shape index (κ3) is 2.05. The second-order valence-corrected chi connectivity index (χ2v) is 7.37. The highest BCUT2D eigenvalue weighted by Gasteiger charge is 2.26.